The van der Waals surface area contributed by atoms with Gasteiger partial charge in [-0.2, -0.15) is 0 Å². The highest BCUT2D eigenvalue weighted by Crippen LogP contribution is 2.29. The fraction of sp³-hybridized carbons (Fsp3) is 0.562. The number of nitrogens with one attached hydrogen (secondary N) is 1. The molecule has 0 aromatic carbocycles. The first-order valence-corrected chi connectivity index (χ1v) is 10.0. The van der Waals surface area contributed by atoms with E-state index in [1.54, 1.807) is 18.9 Å². The van der Waals surface area contributed by atoms with Gasteiger partial charge in [-0.3, -0.25) is 9.80 Å². The molecule has 0 amide bonds. The molecule has 4 rings (SSSR count). The van der Waals surface area contributed by atoms with Crippen LogP contribution in [0.3, 0.4) is 0 Å². The lowest BCUT2D eigenvalue weighted by Crippen LogP contribution is -2.58. The molecule has 2 saturated heterocycles. The summed E-state index contributed by atoms with van der Waals surface area (Å²) >= 11 is 0. The van der Waals surface area contributed by atoms with Crippen LogP contribution >= 0.6 is 0 Å². The molecule has 0 saturated carbocycles. The van der Waals surface area contributed by atoms with Crippen LogP contribution < -0.4 is 0 Å². The van der Waals surface area contributed by atoms with Gasteiger partial charge >= 0.3 is 0 Å². The molecule has 2 aromatic rings. The Labute approximate surface area is 141 Å². The van der Waals surface area contributed by atoms with E-state index in [1.165, 1.54) is 0 Å². The zero-order chi connectivity index (χ0) is 16.7. The molecule has 0 spiro atoms. The van der Waals surface area contributed by atoms with Gasteiger partial charge < -0.3 is 9.40 Å². The van der Waals surface area contributed by atoms with E-state index < -0.39 is 9.84 Å². The number of hydrogen-bond acceptors (Lipinski definition) is 6. The summed E-state index contributed by atoms with van der Waals surface area (Å²) in [4.78, 5) is 12.0. The van der Waals surface area contributed by atoms with Crippen molar-refractivity contribution in [3.63, 3.8) is 0 Å². The van der Waals surface area contributed by atoms with Gasteiger partial charge in [-0.25, -0.2) is 13.4 Å². The lowest BCUT2D eigenvalue weighted by molar-refractivity contribution is 0.0346. The number of imidazole rings is 1. The van der Waals surface area contributed by atoms with Crippen LogP contribution in [0.2, 0.25) is 0 Å². The van der Waals surface area contributed by atoms with E-state index in [0.717, 1.165) is 36.6 Å². The fourth-order valence-corrected chi connectivity index (χ4v) is 5.89. The number of fused-ring (bicyclic) bond motifs is 1. The third kappa shape index (κ3) is 3.01. The van der Waals surface area contributed by atoms with Crippen LogP contribution in [0.5, 0.6) is 0 Å². The van der Waals surface area contributed by atoms with E-state index in [9.17, 15) is 8.42 Å². The van der Waals surface area contributed by atoms with Crippen LogP contribution in [0.15, 0.2) is 29.3 Å². The molecule has 1 N–H and O–H groups in total. The molecule has 4 heterocycles. The first-order chi connectivity index (χ1) is 11.5. The standard InChI is InChI=1S/C16H22N4O3S/c1-12-14(18-11-17-12)7-20-4-3-19(6-13-2-5-23-8-13)15-9-24(21,22)10-16(15)20/h2,5,8,11,15-16H,3-4,6-7,9-10H2,1H3,(H,17,18)/t15-,16+/m0/s1. The number of aryl methyl sites for hydroxylation is 1. The van der Waals surface area contributed by atoms with Gasteiger partial charge in [0.2, 0.25) is 0 Å². The first kappa shape index (κ1) is 15.9. The predicted molar refractivity (Wildman–Crippen MR) is 89.1 cm³/mol. The van der Waals surface area contributed by atoms with Gasteiger partial charge in [0.25, 0.3) is 0 Å². The van der Waals surface area contributed by atoms with Crippen molar-refractivity contribution in [1.82, 2.24) is 19.8 Å². The van der Waals surface area contributed by atoms with E-state index in [-0.39, 0.29) is 23.6 Å². The van der Waals surface area contributed by atoms with Crippen LogP contribution in [0.25, 0.3) is 0 Å². The minimum absolute atomic E-state index is 0.0340. The molecule has 0 bridgehead atoms. The number of rotatable bonds is 4. The van der Waals surface area contributed by atoms with Crippen LogP contribution in [-0.2, 0) is 22.9 Å². The Morgan fingerprint density at radius 1 is 1.25 bits per heavy atom. The number of aromatic nitrogens is 2. The summed E-state index contributed by atoms with van der Waals surface area (Å²) in [6.45, 7) is 5.14. The van der Waals surface area contributed by atoms with E-state index in [0.29, 0.717) is 6.54 Å². The van der Waals surface area contributed by atoms with Crippen molar-refractivity contribution in [2.24, 2.45) is 0 Å². The van der Waals surface area contributed by atoms with E-state index in [4.69, 9.17) is 4.42 Å². The number of nitrogens with zero attached hydrogens (tertiary/aromatic N) is 3. The Kier molecular flexibility index (Phi) is 3.98. The average molecular weight is 350 g/mol. The maximum atomic E-state index is 12.3. The van der Waals surface area contributed by atoms with E-state index >= 15 is 0 Å². The fourth-order valence-electron chi connectivity index (χ4n) is 3.85. The molecule has 2 atom stereocenters. The Morgan fingerprint density at radius 3 is 2.54 bits per heavy atom. The largest absolute Gasteiger partial charge is 0.472 e. The molecular weight excluding hydrogens is 328 g/mol. The molecule has 8 heteroatoms. The second-order valence-corrected chi connectivity index (χ2v) is 8.91. The summed E-state index contributed by atoms with van der Waals surface area (Å²) in [5, 5.41) is 0. The third-order valence-corrected chi connectivity index (χ3v) is 6.86. The summed E-state index contributed by atoms with van der Waals surface area (Å²) in [6, 6.07) is 2.02. The molecule has 2 fully saturated rings. The van der Waals surface area contributed by atoms with Crippen LogP contribution in [0.1, 0.15) is 17.0 Å². The van der Waals surface area contributed by atoms with Gasteiger partial charge in [-0.1, -0.05) is 0 Å². The number of furan rings is 1. The topological polar surface area (TPSA) is 82.4 Å². The maximum Gasteiger partial charge on any atom is 0.153 e. The highest BCUT2D eigenvalue weighted by atomic mass is 32.2. The number of hydrogen-bond donors (Lipinski definition) is 1. The molecule has 0 unspecified atom stereocenters. The summed E-state index contributed by atoms with van der Waals surface area (Å²) in [6.07, 6.45) is 5.09. The zero-order valence-electron chi connectivity index (χ0n) is 13.7. The minimum Gasteiger partial charge on any atom is -0.472 e. The van der Waals surface area contributed by atoms with Gasteiger partial charge in [-0.05, 0) is 13.0 Å². The lowest BCUT2D eigenvalue weighted by atomic mass is 10.0. The molecule has 2 aliphatic heterocycles. The van der Waals surface area contributed by atoms with Crippen molar-refractivity contribution in [3.05, 3.63) is 41.9 Å². The maximum absolute atomic E-state index is 12.3. The monoisotopic (exact) mass is 350 g/mol. The molecule has 2 aromatic heterocycles. The molecule has 2 aliphatic rings. The SMILES string of the molecule is Cc1[nH]cnc1CN1CCN(Cc2ccoc2)[C@H]2CS(=O)(=O)C[C@H]21. The predicted octanol–water partition coefficient (Wildman–Crippen LogP) is 0.795. The van der Waals surface area contributed by atoms with Gasteiger partial charge in [0.1, 0.15) is 0 Å². The molecule has 7 nitrogen and oxygen atoms in total. The van der Waals surface area contributed by atoms with Crippen molar-refractivity contribution < 1.29 is 12.8 Å². The highest BCUT2D eigenvalue weighted by molar-refractivity contribution is 7.91. The van der Waals surface area contributed by atoms with Crippen molar-refractivity contribution in [3.8, 4) is 0 Å². The summed E-state index contributed by atoms with van der Waals surface area (Å²) in [5.74, 6) is 0.481. The van der Waals surface area contributed by atoms with Crippen LogP contribution in [0.4, 0.5) is 0 Å². The van der Waals surface area contributed by atoms with Crippen molar-refractivity contribution >= 4 is 9.84 Å². The quantitative estimate of drug-likeness (QED) is 0.878. The number of sulfone groups is 1. The van der Waals surface area contributed by atoms with Crippen molar-refractivity contribution in [1.29, 1.82) is 0 Å². The van der Waals surface area contributed by atoms with Gasteiger partial charge in [-0.15, -0.1) is 0 Å². The molecule has 24 heavy (non-hydrogen) atoms. The Hall–Kier alpha value is -1.64. The number of piperazine rings is 1. The molecule has 130 valence electrons. The Morgan fingerprint density at radius 2 is 1.96 bits per heavy atom. The average Bonchev–Trinajstić information content (AvgIpc) is 3.23. The number of aromatic amines is 1. The Bertz CT molecular complexity index is 799. The minimum atomic E-state index is -3.00. The van der Waals surface area contributed by atoms with E-state index in [2.05, 4.69) is 19.8 Å². The summed E-state index contributed by atoms with van der Waals surface area (Å²) in [7, 11) is -3.00. The molecular formula is C16H22N4O3S. The summed E-state index contributed by atoms with van der Waals surface area (Å²) < 4.78 is 29.7. The second kappa shape index (κ2) is 6.02. The van der Waals surface area contributed by atoms with Crippen molar-refractivity contribution in [2.45, 2.75) is 32.1 Å². The zero-order valence-corrected chi connectivity index (χ0v) is 14.5. The smallest absolute Gasteiger partial charge is 0.153 e. The van der Waals surface area contributed by atoms with Gasteiger partial charge in [0.15, 0.2) is 9.84 Å². The van der Waals surface area contributed by atoms with Crippen molar-refractivity contribution in [2.75, 3.05) is 24.6 Å². The first-order valence-electron chi connectivity index (χ1n) is 8.20. The lowest BCUT2D eigenvalue weighted by Gasteiger charge is -2.43. The van der Waals surface area contributed by atoms with E-state index in [1.807, 2.05) is 13.0 Å². The van der Waals surface area contributed by atoms with Gasteiger partial charge in [0, 0.05) is 49.5 Å². The normalized spacial score (nSPS) is 27.4. The summed E-state index contributed by atoms with van der Waals surface area (Å²) in [5.41, 5.74) is 3.14. The highest BCUT2D eigenvalue weighted by Gasteiger charge is 2.46. The van der Waals surface area contributed by atoms with Crippen LogP contribution in [0, 0.1) is 6.92 Å². The van der Waals surface area contributed by atoms with Gasteiger partial charge in [0.05, 0.1) is 36.1 Å². The van der Waals surface area contributed by atoms with Crippen LogP contribution in [-0.4, -0.2) is 64.9 Å². The number of H-pyrrole nitrogens is 1. The third-order valence-electron chi connectivity index (χ3n) is 5.16. The second-order valence-electron chi connectivity index (χ2n) is 6.76. The molecule has 0 aliphatic carbocycles. The molecule has 0 radical (unpaired) electrons. The Balaban J connectivity index is 1.54.